The Balaban J connectivity index is 2.50. The molecule has 0 aliphatic heterocycles. The summed E-state index contributed by atoms with van der Waals surface area (Å²) in [6, 6.07) is 1.92. The fraction of sp³-hybridized carbons (Fsp3) is 0.364. The van der Waals surface area contributed by atoms with E-state index in [1.165, 1.54) is 6.33 Å². The molecular weight excluding hydrogens is 218 g/mol. The molecule has 0 spiro atoms. The van der Waals surface area contributed by atoms with Crippen molar-refractivity contribution < 1.29 is 5.11 Å². The Morgan fingerprint density at radius 3 is 3.12 bits per heavy atom. The molecule has 0 atom stereocenters. The molecule has 0 bridgehead atoms. The fourth-order valence-corrected chi connectivity index (χ4v) is 1.71. The molecule has 0 aliphatic carbocycles. The Morgan fingerprint density at radius 2 is 2.41 bits per heavy atom. The number of aromatic nitrogens is 4. The quantitative estimate of drug-likeness (QED) is 0.758. The molecule has 0 aliphatic rings. The van der Waals surface area contributed by atoms with E-state index >= 15 is 0 Å². The molecule has 6 nitrogen and oxygen atoms in total. The van der Waals surface area contributed by atoms with E-state index in [9.17, 15) is 0 Å². The van der Waals surface area contributed by atoms with Gasteiger partial charge in [0.2, 0.25) is 0 Å². The van der Waals surface area contributed by atoms with Gasteiger partial charge in [0.1, 0.15) is 12.1 Å². The lowest BCUT2D eigenvalue weighted by molar-refractivity contribution is 0.302. The zero-order valence-corrected chi connectivity index (χ0v) is 9.74. The monoisotopic (exact) mass is 233 g/mol. The van der Waals surface area contributed by atoms with Gasteiger partial charge in [-0.1, -0.05) is 6.08 Å². The third-order valence-corrected chi connectivity index (χ3v) is 2.40. The molecule has 6 heteroatoms. The van der Waals surface area contributed by atoms with Gasteiger partial charge in [-0.2, -0.15) is 14.6 Å². The summed E-state index contributed by atoms with van der Waals surface area (Å²) >= 11 is 0. The maximum absolute atomic E-state index is 9.08. The summed E-state index contributed by atoms with van der Waals surface area (Å²) in [5.41, 5.74) is 0.868. The molecule has 90 valence electrons. The Bertz CT molecular complexity index is 522. The molecule has 0 unspecified atom stereocenters. The van der Waals surface area contributed by atoms with Crippen LogP contribution in [0, 0.1) is 6.92 Å². The van der Waals surface area contributed by atoms with Crippen LogP contribution in [-0.4, -0.2) is 44.4 Å². The number of rotatable bonds is 5. The smallest absolute Gasteiger partial charge is 0.254 e. The minimum absolute atomic E-state index is 0.0748. The summed E-state index contributed by atoms with van der Waals surface area (Å²) in [5, 5.41) is 13.2. The van der Waals surface area contributed by atoms with Gasteiger partial charge in [0.05, 0.1) is 6.61 Å². The Labute approximate surface area is 99.2 Å². The van der Waals surface area contributed by atoms with E-state index in [1.54, 1.807) is 10.6 Å². The summed E-state index contributed by atoms with van der Waals surface area (Å²) in [5.74, 6) is 1.42. The highest BCUT2D eigenvalue weighted by Crippen LogP contribution is 2.15. The second-order valence-electron chi connectivity index (χ2n) is 3.69. The van der Waals surface area contributed by atoms with E-state index in [2.05, 4.69) is 21.6 Å². The normalized spacial score (nSPS) is 10.7. The van der Waals surface area contributed by atoms with E-state index in [1.807, 2.05) is 17.9 Å². The van der Waals surface area contributed by atoms with Gasteiger partial charge in [-0.25, -0.2) is 4.98 Å². The summed E-state index contributed by atoms with van der Waals surface area (Å²) in [7, 11) is 0. The Hall–Kier alpha value is -1.95. The van der Waals surface area contributed by atoms with Crippen LogP contribution in [-0.2, 0) is 0 Å². The van der Waals surface area contributed by atoms with Gasteiger partial charge in [0, 0.05) is 24.8 Å². The summed E-state index contributed by atoms with van der Waals surface area (Å²) in [4.78, 5) is 10.3. The molecule has 2 heterocycles. The Morgan fingerprint density at radius 1 is 1.59 bits per heavy atom. The molecule has 0 fully saturated rings. The van der Waals surface area contributed by atoms with E-state index in [-0.39, 0.29) is 6.61 Å². The van der Waals surface area contributed by atoms with E-state index < -0.39 is 0 Å². The number of fused-ring (bicyclic) bond motifs is 1. The Kier molecular flexibility index (Phi) is 3.34. The zero-order chi connectivity index (χ0) is 12.3. The summed E-state index contributed by atoms with van der Waals surface area (Å²) < 4.78 is 1.66. The van der Waals surface area contributed by atoms with Gasteiger partial charge in [-0.3, -0.25) is 0 Å². The first-order chi connectivity index (χ1) is 8.26. The van der Waals surface area contributed by atoms with Crippen molar-refractivity contribution in [2.45, 2.75) is 6.92 Å². The molecule has 17 heavy (non-hydrogen) atoms. The van der Waals surface area contributed by atoms with Crippen LogP contribution in [0.5, 0.6) is 0 Å². The third kappa shape index (κ3) is 2.26. The molecule has 2 aromatic rings. The maximum atomic E-state index is 9.08. The number of anilines is 1. The molecule has 0 radical (unpaired) electrons. The molecule has 2 aromatic heterocycles. The highest BCUT2D eigenvalue weighted by molar-refractivity contribution is 5.47. The second-order valence-corrected chi connectivity index (χ2v) is 3.69. The van der Waals surface area contributed by atoms with Crippen molar-refractivity contribution in [1.82, 2.24) is 19.6 Å². The van der Waals surface area contributed by atoms with Crippen molar-refractivity contribution >= 4 is 11.6 Å². The largest absolute Gasteiger partial charge is 0.395 e. The number of hydrogen-bond donors (Lipinski definition) is 1. The van der Waals surface area contributed by atoms with Crippen molar-refractivity contribution in [2.24, 2.45) is 0 Å². The first kappa shape index (κ1) is 11.5. The van der Waals surface area contributed by atoms with Crippen molar-refractivity contribution in [3.63, 3.8) is 0 Å². The summed E-state index contributed by atoms with van der Waals surface area (Å²) in [6.07, 6.45) is 3.25. The van der Waals surface area contributed by atoms with Crippen molar-refractivity contribution in [3.05, 3.63) is 30.7 Å². The van der Waals surface area contributed by atoms with Gasteiger partial charge in [0.15, 0.2) is 0 Å². The van der Waals surface area contributed by atoms with Gasteiger partial charge < -0.3 is 10.0 Å². The van der Waals surface area contributed by atoms with Crippen molar-refractivity contribution in [3.8, 4) is 0 Å². The van der Waals surface area contributed by atoms with Crippen molar-refractivity contribution in [1.29, 1.82) is 0 Å². The first-order valence-electron chi connectivity index (χ1n) is 5.40. The van der Waals surface area contributed by atoms with Crippen LogP contribution in [0.15, 0.2) is 25.0 Å². The van der Waals surface area contributed by atoms with Crippen molar-refractivity contribution in [2.75, 3.05) is 24.6 Å². The van der Waals surface area contributed by atoms with E-state index in [0.29, 0.717) is 18.9 Å². The molecule has 0 aromatic carbocycles. The predicted octanol–water partition coefficient (Wildman–Crippen LogP) is 0.417. The molecule has 0 saturated heterocycles. The molecule has 0 saturated carbocycles. The number of aryl methyl sites for hydroxylation is 1. The van der Waals surface area contributed by atoms with E-state index in [0.717, 1.165) is 11.5 Å². The third-order valence-electron chi connectivity index (χ3n) is 2.40. The fourth-order valence-electron chi connectivity index (χ4n) is 1.71. The van der Waals surface area contributed by atoms with Crippen LogP contribution < -0.4 is 4.90 Å². The van der Waals surface area contributed by atoms with Crippen LogP contribution in [0.2, 0.25) is 0 Å². The molecule has 1 N–H and O–H groups in total. The lowest BCUT2D eigenvalue weighted by Crippen LogP contribution is -2.29. The van der Waals surface area contributed by atoms with Gasteiger partial charge in [-0.05, 0) is 6.92 Å². The highest BCUT2D eigenvalue weighted by Gasteiger charge is 2.11. The standard InChI is InChI=1S/C11H15N5O/c1-3-4-15(5-6-17)10-7-9(2)14-11-12-8-13-16(10)11/h3,7-8,17H,1,4-6H2,2H3. The van der Waals surface area contributed by atoms with Crippen LogP contribution in [0.25, 0.3) is 5.78 Å². The summed E-state index contributed by atoms with van der Waals surface area (Å²) in [6.45, 7) is 6.85. The van der Waals surface area contributed by atoms with Crippen LogP contribution in [0.4, 0.5) is 5.82 Å². The highest BCUT2D eigenvalue weighted by atomic mass is 16.3. The average Bonchev–Trinajstić information content (AvgIpc) is 2.75. The predicted molar refractivity (Wildman–Crippen MR) is 65.0 cm³/mol. The topological polar surface area (TPSA) is 66.5 Å². The number of aliphatic hydroxyl groups excluding tert-OH is 1. The van der Waals surface area contributed by atoms with Gasteiger partial charge >= 0.3 is 0 Å². The lowest BCUT2D eigenvalue weighted by atomic mass is 10.3. The minimum atomic E-state index is 0.0748. The average molecular weight is 233 g/mol. The van der Waals surface area contributed by atoms with E-state index in [4.69, 9.17) is 5.11 Å². The van der Waals surface area contributed by atoms with Crippen LogP contribution in [0.3, 0.4) is 0 Å². The van der Waals surface area contributed by atoms with Crippen LogP contribution in [0.1, 0.15) is 5.69 Å². The number of nitrogens with zero attached hydrogens (tertiary/aromatic N) is 5. The zero-order valence-electron chi connectivity index (χ0n) is 9.74. The van der Waals surface area contributed by atoms with Gasteiger partial charge in [0.25, 0.3) is 5.78 Å². The number of hydrogen-bond acceptors (Lipinski definition) is 5. The second kappa shape index (κ2) is 4.92. The SMILES string of the molecule is C=CCN(CCO)c1cc(C)nc2ncnn12. The maximum Gasteiger partial charge on any atom is 0.254 e. The molecular formula is C11H15N5O. The number of aliphatic hydroxyl groups is 1. The first-order valence-corrected chi connectivity index (χ1v) is 5.40. The van der Waals surface area contributed by atoms with Gasteiger partial charge in [-0.15, -0.1) is 6.58 Å². The lowest BCUT2D eigenvalue weighted by Gasteiger charge is -2.22. The molecule has 2 rings (SSSR count). The van der Waals surface area contributed by atoms with Crippen LogP contribution >= 0.6 is 0 Å². The minimum Gasteiger partial charge on any atom is -0.395 e. The molecule has 0 amide bonds.